The van der Waals surface area contributed by atoms with E-state index in [-0.39, 0.29) is 4.90 Å². The van der Waals surface area contributed by atoms with E-state index in [4.69, 9.17) is 0 Å². The lowest BCUT2D eigenvalue weighted by molar-refractivity contribution is 0.601. The standard InChI is InChI=1S/C20H21N3O2S/c1-16-8-11-19(12-9-16)26(24,25)22-20-13-10-18(14-21-20)23(2)15-17-6-4-3-5-7-17/h3-14H,15H2,1-2H3,(H,21,22). The van der Waals surface area contributed by atoms with Crippen LogP contribution in [-0.4, -0.2) is 20.4 Å². The molecule has 134 valence electrons. The summed E-state index contributed by atoms with van der Waals surface area (Å²) in [7, 11) is -1.67. The van der Waals surface area contributed by atoms with Crippen molar-refractivity contribution in [2.75, 3.05) is 16.7 Å². The number of aromatic nitrogens is 1. The maximum Gasteiger partial charge on any atom is 0.263 e. The van der Waals surface area contributed by atoms with Crippen LogP contribution in [0.1, 0.15) is 11.1 Å². The second kappa shape index (κ2) is 7.58. The normalized spacial score (nSPS) is 11.2. The number of hydrogen-bond donors (Lipinski definition) is 1. The van der Waals surface area contributed by atoms with Gasteiger partial charge in [-0.05, 0) is 36.8 Å². The van der Waals surface area contributed by atoms with Gasteiger partial charge in [0.2, 0.25) is 0 Å². The number of benzene rings is 2. The Kier molecular flexibility index (Phi) is 5.23. The largest absolute Gasteiger partial charge is 0.369 e. The van der Waals surface area contributed by atoms with E-state index >= 15 is 0 Å². The van der Waals surface area contributed by atoms with Crippen molar-refractivity contribution < 1.29 is 8.42 Å². The molecule has 1 heterocycles. The van der Waals surface area contributed by atoms with Crippen LogP contribution in [0.3, 0.4) is 0 Å². The lowest BCUT2D eigenvalue weighted by atomic mass is 10.2. The van der Waals surface area contributed by atoms with Gasteiger partial charge in [-0.3, -0.25) is 4.72 Å². The highest BCUT2D eigenvalue weighted by Crippen LogP contribution is 2.19. The zero-order chi connectivity index (χ0) is 18.6. The fourth-order valence-electron chi connectivity index (χ4n) is 2.53. The van der Waals surface area contributed by atoms with Gasteiger partial charge in [0.05, 0.1) is 16.8 Å². The fraction of sp³-hybridized carbons (Fsp3) is 0.150. The molecule has 2 aromatic carbocycles. The van der Waals surface area contributed by atoms with Gasteiger partial charge in [0.15, 0.2) is 0 Å². The van der Waals surface area contributed by atoms with Gasteiger partial charge in [0, 0.05) is 13.6 Å². The molecule has 0 aliphatic heterocycles. The molecule has 3 rings (SSSR count). The van der Waals surface area contributed by atoms with E-state index in [0.717, 1.165) is 17.8 Å². The van der Waals surface area contributed by atoms with Crippen LogP contribution >= 0.6 is 0 Å². The van der Waals surface area contributed by atoms with Crippen LogP contribution in [0.15, 0.2) is 77.8 Å². The number of aryl methyl sites for hydroxylation is 1. The van der Waals surface area contributed by atoms with Crippen molar-refractivity contribution in [3.63, 3.8) is 0 Å². The minimum absolute atomic E-state index is 0.218. The summed E-state index contributed by atoms with van der Waals surface area (Å²) >= 11 is 0. The Morgan fingerprint density at radius 2 is 1.65 bits per heavy atom. The third kappa shape index (κ3) is 4.40. The highest BCUT2D eigenvalue weighted by molar-refractivity contribution is 7.92. The Bertz CT molecular complexity index is 954. The van der Waals surface area contributed by atoms with E-state index in [2.05, 4.69) is 26.7 Å². The van der Waals surface area contributed by atoms with E-state index in [1.54, 1.807) is 36.5 Å². The van der Waals surface area contributed by atoms with E-state index in [1.807, 2.05) is 38.2 Å². The van der Waals surface area contributed by atoms with Crippen LogP contribution in [0, 0.1) is 6.92 Å². The van der Waals surface area contributed by atoms with E-state index in [9.17, 15) is 8.42 Å². The Hall–Kier alpha value is -2.86. The molecule has 0 atom stereocenters. The summed E-state index contributed by atoms with van der Waals surface area (Å²) in [5, 5.41) is 0. The maximum absolute atomic E-state index is 12.4. The van der Waals surface area contributed by atoms with Crippen molar-refractivity contribution >= 4 is 21.5 Å². The predicted octanol–water partition coefficient (Wildman–Crippen LogP) is 3.83. The van der Waals surface area contributed by atoms with Gasteiger partial charge >= 0.3 is 0 Å². The average Bonchev–Trinajstić information content (AvgIpc) is 2.63. The molecule has 5 nitrogen and oxygen atoms in total. The van der Waals surface area contributed by atoms with Crippen molar-refractivity contribution in [3.8, 4) is 0 Å². The smallest absolute Gasteiger partial charge is 0.263 e. The Labute approximate surface area is 154 Å². The molecule has 0 saturated carbocycles. The summed E-state index contributed by atoms with van der Waals surface area (Å²) in [6.07, 6.45) is 1.66. The minimum atomic E-state index is -3.64. The summed E-state index contributed by atoms with van der Waals surface area (Å²) in [4.78, 5) is 6.51. The molecule has 0 amide bonds. The number of anilines is 2. The van der Waals surface area contributed by atoms with Gasteiger partial charge in [0.25, 0.3) is 10.0 Å². The van der Waals surface area contributed by atoms with E-state index in [1.165, 1.54) is 5.56 Å². The van der Waals surface area contributed by atoms with Crippen LogP contribution in [0.25, 0.3) is 0 Å². The van der Waals surface area contributed by atoms with Gasteiger partial charge in [0.1, 0.15) is 5.82 Å². The molecule has 0 aliphatic rings. The average molecular weight is 367 g/mol. The number of rotatable bonds is 6. The zero-order valence-electron chi connectivity index (χ0n) is 14.8. The number of nitrogens with one attached hydrogen (secondary N) is 1. The maximum atomic E-state index is 12.4. The second-order valence-corrected chi connectivity index (χ2v) is 7.84. The SMILES string of the molecule is Cc1ccc(S(=O)(=O)Nc2ccc(N(C)Cc3ccccc3)cn2)cc1. The van der Waals surface area contributed by atoms with Gasteiger partial charge in [-0.25, -0.2) is 13.4 Å². The van der Waals surface area contributed by atoms with E-state index in [0.29, 0.717) is 5.82 Å². The number of nitrogens with zero attached hydrogens (tertiary/aromatic N) is 2. The Morgan fingerprint density at radius 3 is 2.27 bits per heavy atom. The fourth-order valence-corrected chi connectivity index (χ4v) is 3.54. The molecule has 0 aliphatic carbocycles. The number of pyridine rings is 1. The lowest BCUT2D eigenvalue weighted by Crippen LogP contribution is -2.17. The summed E-state index contributed by atoms with van der Waals surface area (Å²) in [5.74, 6) is 0.294. The predicted molar refractivity (Wildman–Crippen MR) is 105 cm³/mol. The van der Waals surface area contributed by atoms with Crippen LogP contribution < -0.4 is 9.62 Å². The molecule has 3 aromatic rings. The third-order valence-corrected chi connectivity index (χ3v) is 5.39. The van der Waals surface area contributed by atoms with Crippen LogP contribution in [0.5, 0.6) is 0 Å². The van der Waals surface area contributed by atoms with Crippen molar-refractivity contribution in [1.82, 2.24) is 4.98 Å². The highest BCUT2D eigenvalue weighted by Gasteiger charge is 2.14. The molecule has 0 saturated heterocycles. The first-order chi connectivity index (χ1) is 12.4. The molecule has 1 aromatic heterocycles. The topological polar surface area (TPSA) is 62.3 Å². The highest BCUT2D eigenvalue weighted by atomic mass is 32.2. The Balaban J connectivity index is 1.70. The van der Waals surface area contributed by atoms with Crippen molar-refractivity contribution in [3.05, 3.63) is 84.1 Å². The van der Waals surface area contributed by atoms with Crippen molar-refractivity contribution in [2.45, 2.75) is 18.4 Å². The quantitative estimate of drug-likeness (QED) is 0.719. The molecular weight excluding hydrogens is 346 g/mol. The molecular formula is C20H21N3O2S. The van der Waals surface area contributed by atoms with Crippen LogP contribution in [0.4, 0.5) is 11.5 Å². The van der Waals surface area contributed by atoms with Crippen LogP contribution in [-0.2, 0) is 16.6 Å². The molecule has 0 unspecified atom stereocenters. The van der Waals surface area contributed by atoms with Gasteiger partial charge in [-0.15, -0.1) is 0 Å². The third-order valence-electron chi connectivity index (χ3n) is 4.02. The number of hydrogen-bond acceptors (Lipinski definition) is 4. The second-order valence-electron chi connectivity index (χ2n) is 6.16. The first kappa shape index (κ1) is 17.9. The lowest BCUT2D eigenvalue weighted by Gasteiger charge is -2.19. The molecule has 0 fully saturated rings. The van der Waals surface area contributed by atoms with Crippen LogP contribution in [0.2, 0.25) is 0 Å². The van der Waals surface area contributed by atoms with Gasteiger partial charge < -0.3 is 4.90 Å². The first-order valence-corrected chi connectivity index (χ1v) is 9.73. The summed E-state index contributed by atoms with van der Waals surface area (Å²) < 4.78 is 27.3. The molecule has 1 N–H and O–H groups in total. The first-order valence-electron chi connectivity index (χ1n) is 8.25. The molecule has 6 heteroatoms. The zero-order valence-corrected chi connectivity index (χ0v) is 15.6. The number of sulfonamides is 1. The van der Waals surface area contributed by atoms with Gasteiger partial charge in [-0.1, -0.05) is 48.0 Å². The van der Waals surface area contributed by atoms with Gasteiger partial charge in [-0.2, -0.15) is 0 Å². The van der Waals surface area contributed by atoms with Crippen molar-refractivity contribution in [2.24, 2.45) is 0 Å². The summed E-state index contributed by atoms with van der Waals surface area (Å²) in [6, 6.07) is 20.3. The van der Waals surface area contributed by atoms with E-state index < -0.39 is 10.0 Å². The summed E-state index contributed by atoms with van der Waals surface area (Å²) in [5.41, 5.74) is 3.11. The summed E-state index contributed by atoms with van der Waals surface area (Å²) in [6.45, 7) is 2.66. The molecule has 0 bridgehead atoms. The monoisotopic (exact) mass is 367 g/mol. The molecule has 0 spiro atoms. The minimum Gasteiger partial charge on any atom is -0.369 e. The molecule has 26 heavy (non-hydrogen) atoms. The van der Waals surface area contributed by atoms with Crippen molar-refractivity contribution in [1.29, 1.82) is 0 Å². The Morgan fingerprint density at radius 1 is 0.962 bits per heavy atom. The molecule has 0 radical (unpaired) electrons.